The van der Waals surface area contributed by atoms with E-state index in [4.69, 9.17) is 0 Å². The average Bonchev–Trinajstić information content (AvgIpc) is 2.05. The van der Waals surface area contributed by atoms with Gasteiger partial charge in [-0.1, -0.05) is 0 Å². The van der Waals surface area contributed by atoms with Gasteiger partial charge in [0.15, 0.2) is 0 Å². The van der Waals surface area contributed by atoms with Crippen molar-refractivity contribution in [3.05, 3.63) is 0 Å². The van der Waals surface area contributed by atoms with Gasteiger partial charge in [-0.25, -0.2) is 0 Å². The minimum Gasteiger partial charge on any atom is -0.309 e. The van der Waals surface area contributed by atoms with Gasteiger partial charge in [0.05, 0.1) is 0 Å². The highest BCUT2D eigenvalue weighted by Crippen LogP contribution is 1.87. The Morgan fingerprint density at radius 2 is 1.77 bits per heavy atom. The number of piperazine rings is 1. The van der Waals surface area contributed by atoms with Gasteiger partial charge in [-0.2, -0.15) is 21.6 Å². The summed E-state index contributed by atoms with van der Waals surface area (Å²) in [6.07, 6.45) is 0. The third-order valence-corrected chi connectivity index (χ3v) is 1.80. The molecule has 1 fully saturated rings. The Labute approximate surface area is 74.7 Å². The molecule has 0 saturated carbocycles. The van der Waals surface area contributed by atoms with Gasteiger partial charge in [0, 0.05) is 19.6 Å². The van der Waals surface area contributed by atoms with Crippen molar-refractivity contribution >= 4 is 15.3 Å². The van der Waals surface area contributed by atoms with Gasteiger partial charge < -0.3 is 5.32 Å². The molecule has 1 aliphatic heterocycles. The Bertz CT molecular complexity index is 246. The van der Waals surface area contributed by atoms with Crippen LogP contribution in [0.2, 0.25) is 0 Å². The summed E-state index contributed by atoms with van der Waals surface area (Å²) < 4.78 is 49.4. The third kappa shape index (κ3) is 7.75. The molecule has 0 bridgehead atoms. The van der Waals surface area contributed by atoms with Gasteiger partial charge in [0.1, 0.15) is 4.99 Å². The standard InChI is InChI=1S/C4H8N2O2S.CHF3/c7-9(8)4-3-5-1-2-6-4;2-1(3)4/h5-6H,1-3H2;1H. The smallest absolute Gasteiger partial charge is 0.309 e. The fourth-order valence-electron chi connectivity index (χ4n) is 0.673. The molecule has 0 radical (unpaired) electrons. The second kappa shape index (κ2) is 6.87. The predicted octanol–water partition coefficient (Wildman–Crippen LogP) is -0.633. The molecule has 0 aliphatic carbocycles. The number of halogens is 3. The topological polar surface area (TPSA) is 58.2 Å². The lowest BCUT2D eigenvalue weighted by atomic mass is 10.4. The summed E-state index contributed by atoms with van der Waals surface area (Å²) in [6, 6.07) is 0. The van der Waals surface area contributed by atoms with Crippen LogP contribution in [-0.4, -0.2) is 39.7 Å². The number of alkyl halides is 3. The first-order valence-electron chi connectivity index (χ1n) is 3.36. The van der Waals surface area contributed by atoms with Gasteiger partial charge in [-0.3, -0.25) is 5.32 Å². The highest BCUT2D eigenvalue weighted by Gasteiger charge is 2.04. The zero-order chi connectivity index (χ0) is 10.3. The largest absolute Gasteiger partial charge is 0.379 e. The molecule has 0 aromatic heterocycles. The molecule has 8 heteroatoms. The van der Waals surface area contributed by atoms with Crippen LogP contribution in [0, 0.1) is 0 Å². The fourth-order valence-corrected chi connectivity index (χ4v) is 1.11. The van der Waals surface area contributed by atoms with Crippen LogP contribution >= 0.6 is 0 Å². The Kier molecular flexibility index (Phi) is 6.55. The molecular formula is C5H9F3N2O2S. The second-order valence-corrected chi connectivity index (χ2v) is 2.97. The summed E-state index contributed by atoms with van der Waals surface area (Å²) in [5, 5.41) is 5.68. The quantitative estimate of drug-likeness (QED) is 0.531. The van der Waals surface area contributed by atoms with Gasteiger partial charge in [-0.15, -0.1) is 0 Å². The van der Waals surface area contributed by atoms with Crippen molar-refractivity contribution in [2.75, 3.05) is 19.6 Å². The van der Waals surface area contributed by atoms with Gasteiger partial charge in [0.25, 0.3) is 0 Å². The van der Waals surface area contributed by atoms with Crippen molar-refractivity contribution in [3.63, 3.8) is 0 Å². The lowest BCUT2D eigenvalue weighted by molar-refractivity contribution is 0.00819. The molecule has 1 aliphatic rings. The summed E-state index contributed by atoms with van der Waals surface area (Å²) in [5.41, 5.74) is 0. The summed E-state index contributed by atoms with van der Waals surface area (Å²) in [4.78, 5) is 0.362. The average molecular weight is 218 g/mol. The molecule has 1 saturated heterocycles. The van der Waals surface area contributed by atoms with E-state index in [1.165, 1.54) is 0 Å². The van der Waals surface area contributed by atoms with Gasteiger partial charge in [-0.05, 0) is 0 Å². The molecule has 0 aromatic rings. The van der Waals surface area contributed by atoms with Crippen molar-refractivity contribution in [3.8, 4) is 0 Å². The maximum absolute atomic E-state index is 10.2. The lowest BCUT2D eigenvalue weighted by Crippen LogP contribution is -2.45. The van der Waals surface area contributed by atoms with E-state index in [0.29, 0.717) is 18.1 Å². The van der Waals surface area contributed by atoms with Crippen LogP contribution in [0.3, 0.4) is 0 Å². The predicted molar refractivity (Wildman–Crippen MR) is 41.9 cm³/mol. The van der Waals surface area contributed by atoms with Crippen LogP contribution in [0.5, 0.6) is 0 Å². The molecule has 2 N–H and O–H groups in total. The fraction of sp³-hybridized carbons (Fsp3) is 0.800. The lowest BCUT2D eigenvalue weighted by Gasteiger charge is -2.12. The first-order valence-corrected chi connectivity index (χ1v) is 4.43. The number of rotatable bonds is 0. The first-order chi connectivity index (χ1) is 6.04. The van der Waals surface area contributed by atoms with E-state index >= 15 is 0 Å². The van der Waals surface area contributed by atoms with Crippen molar-refractivity contribution in [2.24, 2.45) is 0 Å². The van der Waals surface area contributed by atoms with E-state index in [2.05, 4.69) is 10.6 Å². The number of hydrogen-bond donors (Lipinski definition) is 2. The maximum Gasteiger partial charge on any atom is 0.379 e. The number of nitrogens with one attached hydrogen (secondary N) is 2. The summed E-state index contributed by atoms with van der Waals surface area (Å²) in [7, 11) is -2.06. The molecule has 1 heterocycles. The summed E-state index contributed by atoms with van der Waals surface area (Å²) >= 11 is 0. The SMILES string of the molecule is FC(F)F.O=S(=O)=C1CNCCN1. The molecule has 0 unspecified atom stereocenters. The third-order valence-electron chi connectivity index (χ3n) is 1.11. The summed E-state index contributed by atoms with van der Waals surface area (Å²) in [6.45, 7) is -1.69. The minimum atomic E-state index is -3.67. The Balaban J connectivity index is 0.000000310. The highest BCUT2D eigenvalue weighted by molar-refractivity contribution is 7.72. The van der Waals surface area contributed by atoms with Crippen LogP contribution < -0.4 is 10.6 Å². The van der Waals surface area contributed by atoms with E-state index in [0.717, 1.165) is 6.54 Å². The Hall–Kier alpha value is -0.600. The van der Waals surface area contributed by atoms with Crippen LogP contribution in [-0.2, 0) is 10.3 Å². The van der Waals surface area contributed by atoms with Crippen molar-refractivity contribution in [2.45, 2.75) is 6.68 Å². The van der Waals surface area contributed by atoms with Crippen LogP contribution in [0.1, 0.15) is 0 Å². The Morgan fingerprint density at radius 1 is 1.23 bits per heavy atom. The van der Waals surface area contributed by atoms with E-state index in [1.54, 1.807) is 0 Å². The molecule has 1 rings (SSSR count). The molecule has 0 aromatic carbocycles. The molecule has 4 nitrogen and oxygen atoms in total. The second-order valence-electron chi connectivity index (χ2n) is 2.01. The van der Waals surface area contributed by atoms with E-state index in [-0.39, 0.29) is 0 Å². The summed E-state index contributed by atoms with van der Waals surface area (Å²) in [5.74, 6) is 0. The number of hydrogen-bond acceptors (Lipinski definition) is 3. The van der Waals surface area contributed by atoms with E-state index in [9.17, 15) is 21.6 Å². The van der Waals surface area contributed by atoms with Crippen LogP contribution in [0.4, 0.5) is 13.2 Å². The maximum atomic E-state index is 10.2. The van der Waals surface area contributed by atoms with E-state index in [1.807, 2.05) is 0 Å². The van der Waals surface area contributed by atoms with E-state index < -0.39 is 17.0 Å². The Morgan fingerprint density at radius 3 is 2.00 bits per heavy atom. The zero-order valence-corrected chi connectivity index (χ0v) is 7.37. The highest BCUT2D eigenvalue weighted by atomic mass is 32.2. The molecule has 78 valence electrons. The molecular weight excluding hydrogens is 209 g/mol. The molecule has 0 amide bonds. The van der Waals surface area contributed by atoms with Crippen LogP contribution in [0.15, 0.2) is 0 Å². The normalized spacial score (nSPS) is 16.5. The molecule has 0 atom stereocenters. The van der Waals surface area contributed by atoms with Crippen LogP contribution in [0.25, 0.3) is 0 Å². The molecule has 0 spiro atoms. The van der Waals surface area contributed by atoms with Gasteiger partial charge in [0.2, 0.25) is 10.3 Å². The zero-order valence-electron chi connectivity index (χ0n) is 6.56. The minimum absolute atomic E-state index is 0.362. The first kappa shape index (κ1) is 12.4. The van der Waals surface area contributed by atoms with Crippen molar-refractivity contribution < 1.29 is 21.6 Å². The molecule has 13 heavy (non-hydrogen) atoms. The monoisotopic (exact) mass is 218 g/mol. The van der Waals surface area contributed by atoms with Gasteiger partial charge >= 0.3 is 6.68 Å². The van der Waals surface area contributed by atoms with Crippen molar-refractivity contribution in [1.82, 2.24) is 10.6 Å². The van der Waals surface area contributed by atoms with Crippen molar-refractivity contribution in [1.29, 1.82) is 0 Å².